The number of hydrogen-bond acceptors (Lipinski definition) is 8. The fourth-order valence-electron chi connectivity index (χ4n) is 4.76. The molecule has 2 fully saturated rings. The van der Waals surface area contributed by atoms with Gasteiger partial charge in [-0.3, -0.25) is 9.59 Å². The summed E-state index contributed by atoms with van der Waals surface area (Å²) in [6, 6.07) is 17.6. The van der Waals surface area contributed by atoms with Crippen LogP contribution in [0.3, 0.4) is 0 Å². The molecule has 2 N–H and O–H groups in total. The van der Waals surface area contributed by atoms with Crippen molar-refractivity contribution in [3.63, 3.8) is 0 Å². The van der Waals surface area contributed by atoms with E-state index in [-0.39, 0.29) is 17.9 Å². The Hall–Kier alpha value is -4.02. The summed E-state index contributed by atoms with van der Waals surface area (Å²) in [7, 11) is 1.61. The summed E-state index contributed by atoms with van der Waals surface area (Å²) in [5.41, 5.74) is 4.43. The van der Waals surface area contributed by atoms with Gasteiger partial charge < -0.3 is 29.9 Å². The molecule has 0 bridgehead atoms. The Morgan fingerprint density at radius 2 is 1.74 bits per heavy atom. The number of nitrogens with one attached hydrogen (secondary N) is 2. The van der Waals surface area contributed by atoms with Crippen LogP contribution in [0.5, 0.6) is 0 Å². The van der Waals surface area contributed by atoms with Gasteiger partial charge in [0.1, 0.15) is 6.10 Å². The molecule has 3 aromatic rings. The highest BCUT2D eigenvalue weighted by Crippen LogP contribution is 2.24. The number of rotatable bonds is 9. The number of hydrogen-bond donors (Lipinski definition) is 2. The van der Waals surface area contributed by atoms with E-state index in [9.17, 15) is 9.59 Å². The highest BCUT2D eigenvalue weighted by atomic mass is 16.5. The second-order valence-corrected chi connectivity index (χ2v) is 9.62. The van der Waals surface area contributed by atoms with Gasteiger partial charge in [0, 0.05) is 68.7 Å². The molecule has 5 rings (SSSR count). The molecule has 0 aliphatic carbocycles. The third-order valence-electron chi connectivity index (χ3n) is 6.97. The number of aromatic nitrogens is 2. The van der Waals surface area contributed by atoms with Crippen LogP contribution in [-0.4, -0.2) is 79.3 Å². The molecule has 2 amide bonds. The molecule has 204 valence electrons. The predicted octanol–water partition coefficient (Wildman–Crippen LogP) is 3.69. The normalized spacial score (nSPS) is 17.2. The highest BCUT2D eigenvalue weighted by molar-refractivity contribution is 5.94. The number of ether oxygens (including phenoxy) is 2. The van der Waals surface area contributed by atoms with E-state index in [4.69, 9.17) is 9.47 Å². The lowest BCUT2D eigenvalue weighted by molar-refractivity contribution is -0.132. The number of carbonyl (C=O) groups excluding carboxylic acids is 2. The van der Waals surface area contributed by atoms with Gasteiger partial charge in [-0.2, -0.15) is 0 Å². The molecule has 2 aliphatic heterocycles. The van der Waals surface area contributed by atoms with Gasteiger partial charge in [0.05, 0.1) is 18.7 Å². The molecule has 0 unspecified atom stereocenters. The Balaban J connectivity index is 1.15. The second kappa shape index (κ2) is 12.7. The van der Waals surface area contributed by atoms with Gasteiger partial charge in [-0.15, -0.1) is 0 Å². The van der Waals surface area contributed by atoms with Crippen LogP contribution in [0.2, 0.25) is 0 Å². The summed E-state index contributed by atoms with van der Waals surface area (Å²) in [4.78, 5) is 37.7. The number of amides is 2. The molecule has 2 aliphatic rings. The first kappa shape index (κ1) is 26.6. The van der Waals surface area contributed by atoms with Crippen molar-refractivity contribution >= 4 is 34.8 Å². The number of piperazine rings is 1. The number of carbonyl (C=O) groups is 2. The molecular formula is C29H34N6O4. The minimum Gasteiger partial charge on any atom is -0.384 e. The van der Waals surface area contributed by atoms with Crippen molar-refractivity contribution in [3.8, 4) is 11.3 Å². The zero-order chi connectivity index (χ0) is 27.0. The quantitative estimate of drug-likeness (QED) is 0.431. The van der Waals surface area contributed by atoms with Crippen LogP contribution in [0, 0.1) is 0 Å². The molecule has 39 heavy (non-hydrogen) atoms. The van der Waals surface area contributed by atoms with E-state index >= 15 is 0 Å². The van der Waals surface area contributed by atoms with Gasteiger partial charge in [-0.05, 0) is 55.3 Å². The lowest BCUT2D eigenvalue weighted by Crippen LogP contribution is -2.49. The molecule has 0 saturated carbocycles. The minimum atomic E-state index is -0.360. The van der Waals surface area contributed by atoms with Crippen LogP contribution in [0.1, 0.15) is 19.3 Å². The fourth-order valence-corrected chi connectivity index (χ4v) is 4.76. The first-order valence-electron chi connectivity index (χ1n) is 13.3. The van der Waals surface area contributed by atoms with Crippen molar-refractivity contribution in [2.75, 3.05) is 62.0 Å². The van der Waals surface area contributed by atoms with E-state index in [0.717, 1.165) is 54.3 Å². The van der Waals surface area contributed by atoms with Crippen molar-refractivity contribution in [1.82, 2.24) is 14.9 Å². The lowest BCUT2D eigenvalue weighted by atomic mass is 10.1. The molecule has 1 aromatic heterocycles. The Bertz CT molecular complexity index is 1250. The van der Waals surface area contributed by atoms with Crippen LogP contribution >= 0.6 is 0 Å². The number of benzene rings is 2. The molecule has 0 spiro atoms. The lowest BCUT2D eigenvalue weighted by Gasteiger charge is -2.36. The Morgan fingerprint density at radius 1 is 1.00 bits per heavy atom. The van der Waals surface area contributed by atoms with E-state index in [1.165, 1.54) is 0 Å². The first-order chi connectivity index (χ1) is 19.1. The van der Waals surface area contributed by atoms with Gasteiger partial charge in [0.25, 0.3) is 5.91 Å². The molecule has 0 radical (unpaired) electrons. The Kier molecular flexibility index (Phi) is 8.65. The number of methoxy groups -OCH3 is 1. The Labute approximate surface area is 228 Å². The summed E-state index contributed by atoms with van der Waals surface area (Å²) in [6.45, 7) is 4.13. The summed E-state index contributed by atoms with van der Waals surface area (Å²) in [6.07, 6.45) is 3.47. The fraction of sp³-hybridized carbons (Fsp3) is 0.379. The average Bonchev–Trinajstić information content (AvgIpc) is 3.53. The molecule has 1 atom stereocenters. The molecule has 3 heterocycles. The van der Waals surface area contributed by atoms with Gasteiger partial charge >= 0.3 is 0 Å². The maximum Gasteiger partial charge on any atom is 0.253 e. The van der Waals surface area contributed by atoms with Gasteiger partial charge in [0.2, 0.25) is 11.9 Å². The van der Waals surface area contributed by atoms with Crippen LogP contribution in [0.15, 0.2) is 60.8 Å². The third kappa shape index (κ3) is 6.90. The van der Waals surface area contributed by atoms with Crippen LogP contribution < -0.4 is 15.5 Å². The van der Waals surface area contributed by atoms with Gasteiger partial charge in [0.15, 0.2) is 0 Å². The zero-order valence-corrected chi connectivity index (χ0v) is 22.1. The topological polar surface area (TPSA) is 109 Å². The minimum absolute atomic E-state index is 0.102. The standard InChI is InChI=1S/C29H34N6O4/c1-38-20-13-27(36)35-17-15-34(16-18-35)24-10-8-23(9-11-24)32-29-30-14-12-25(33-29)21-4-6-22(7-5-21)31-28(37)26-3-2-19-39-26/h4-12,14,26H,2-3,13,15-20H2,1H3,(H,31,37)(H,30,32,33)/t26-/m1/s1. The Morgan fingerprint density at radius 3 is 2.44 bits per heavy atom. The molecule has 10 heteroatoms. The van der Waals surface area contributed by atoms with E-state index in [0.29, 0.717) is 38.7 Å². The summed E-state index contributed by atoms with van der Waals surface area (Å²) in [5, 5.41) is 6.19. The van der Waals surface area contributed by atoms with E-state index in [1.807, 2.05) is 47.4 Å². The summed E-state index contributed by atoms with van der Waals surface area (Å²) < 4.78 is 10.5. The van der Waals surface area contributed by atoms with E-state index in [2.05, 4.69) is 37.6 Å². The third-order valence-corrected chi connectivity index (χ3v) is 6.97. The first-order valence-corrected chi connectivity index (χ1v) is 13.3. The predicted molar refractivity (Wildman–Crippen MR) is 150 cm³/mol. The summed E-state index contributed by atoms with van der Waals surface area (Å²) in [5.74, 6) is 0.546. The van der Waals surface area contributed by atoms with Gasteiger partial charge in [-0.25, -0.2) is 9.97 Å². The van der Waals surface area contributed by atoms with Crippen molar-refractivity contribution in [3.05, 3.63) is 60.8 Å². The maximum absolute atomic E-state index is 12.3. The number of nitrogens with zero attached hydrogens (tertiary/aromatic N) is 4. The SMILES string of the molecule is COCCC(=O)N1CCN(c2ccc(Nc3nccc(-c4ccc(NC(=O)[C@H]5CCCO5)cc4)n3)cc2)CC1. The average molecular weight is 531 g/mol. The maximum atomic E-state index is 12.3. The summed E-state index contributed by atoms with van der Waals surface area (Å²) >= 11 is 0. The molecule has 10 nitrogen and oxygen atoms in total. The van der Waals surface area contributed by atoms with Crippen molar-refractivity contribution in [2.24, 2.45) is 0 Å². The largest absolute Gasteiger partial charge is 0.384 e. The zero-order valence-electron chi connectivity index (χ0n) is 22.1. The van der Waals surface area contributed by atoms with Crippen molar-refractivity contribution in [2.45, 2.75) is 25.4 Å². The van der Waals surface area contributed by atoms with Crippen molar-refractivity contribution < 1.29 is 19.1 Å². The van der Waals surface area contributed by atoms with Crippen molar-refractivity contribution in [1.29, 1.82) is 0 Å². The molecule has 2 aromatic carbocycles. The van der Waals surface area contributed by atoms with Crippen LogP contribution in [0.25, 0.3) is 11.3 Å². The monoisotopic (exact) mass is 530 g/mol. The van der Waals surface area contributed by atoms with E-state index in [1.54, 1.807) is 13.3 Å². The van der Waals surface area contributed by atoms with E-state index < -0.39 is 0 Å². The second-order valence-electron chi connectivity index (χ2n) is 9.62. The molecular weight excluding hydrogens is 496 g/mol. The molecule has 2 saturated heterocycles. The number of anilines is 4. The highest BCUT2D eigenvalue weighted by Gasteiger charge is 2.23. The van der Waals surface area contributed by atoms with Crippen LogP contribution in [-0.2, 0) is 19.1 Å². The smallest absolute Gasteiger partial charge is 0.253 e. The van der Waals surface area contributed by atoms with Gasteiger partial charge in [-0.1, -0.05) is 12.1 Å². The van der Waals surface area contributed by atoms with Crippen LogP contribution in [0.4, 0.5) is 23.0 Å².